The van der Waals surface area contributed by atoms with E-state index in [2.05, 4.69) is 5.32 Å². The molecule has 1 aromatic carbocycles. The Balaban J connectivity index is 1.43. The van der Waals surface area contributed by atoms with Crippen molar-refractivity contribution in [3.05, 3.63) is 74.7 Å². The van der Waals surface area contributed by atoms with Crippen LogP contribution in [0, 0.1) is 5.41 Å². The van der Waals surface area contributed by atoms with Crippen molar-refractivity contribution in [2.24, 2.45) is 12.8 Å². The molecule has 0 spiro atoms. The summed E-state index contributed by atoms with van der Waals surface area (Å²) in [5.74, 6) is -0.264. The Morgan fingerprint density at radius 2 is 1.91 bits per heavy atom. The molecule has 4 N–H and O–H groups in total. The van der Waals surface area contributed by atoms with Gasteiger partial charge in [0.15, 0.2) is 0 Å². The number of hydrogen-bond donors (Lipinski definition) is 3. The Bertz CT molecular complexity index is 1280. The molecule has 0 bridgehead atoms. The van der Waals surface area contributed by atoms with Crippen LogP contribution in [-0.2, 0) is 24.9 Å². The maximum Gasteiger partial charge on any atom is 0.331 e. The lowest BCUT2D eigenvalue weighted by atomic mass is 10.0. The highest BCUT2D eigenvalue weighted by molar-refractivity contribution is 6.06. The molecule has 1 fully saturated rings. The number of nitrogens with zero attached hydrogens (tertiary/aromatic N) is 4. The summed E-state index contributed by atoms with van der Waals surface area (Å²) in [5, 5.41) is 10.9. The third-order valence-corrected chi connectivity index (χ3v) is 6.33. The number of hydrogen-bond acceptors (Lipinski definition) is 6. The topological polar surface area (TPSA) is 147 Å². The monoisotopic (exact) mass is 465 g/mol. The molecule has 2 aromatic rings. The molecule has 3 amide bonds. The van der Waals surface area contributed by atoms with Gasteiger partial charge in [0.2, 0.25) is 5.91 Å². The number of urea groups is 1. The molecule has 0 unspecified atom stereocenters. The maximum absolute atomic E-state index is 12.9. The zero-order valence-corrected chi connectivity index (χ0v) is 18.9. The summed E-state index contributed by atoms with van der Waals surface area (Å²) in [6.07, 6.45) is 4.86. The van der Waals surface area contributed by atoms with Gasteiger partial charge in [0.1, 0.15) is 6.54 Å². The first kappa shape index (κ1) is 23.0. The zero-order chi connectivity index (χ0) is 24.4. The summed E-state index contributed by atoms with van der Waals surface area (Å²) in [7, 11) is 1.31. The molecule has 34 heavy (non-hydrogen) atoms. The van der Waals surface area contributed by atoms with Gasteiger partial charge in [-0.15, -0.1) is 0 Å². The Labute approximate surface area is 195 Å². The van der Waals surface area contributed by atoms with Gasteiger partial charge in [-0.3, -0.25) is 24.1 Å². The van der Waals surface area contributed by atoms with Crippen molar-refractivity contribution in [1.29, 1.82) is 5.41 Å². The minimum atomic E-state index is -0.634. The van der Waals surface area contributed by atoms with Crippen molar-refractivity contribution in [2.45, 2.75) is 32.0 Å². The molecule has 11 heteroatoms. The number of para-hydroxylation sites is 1. The number of aromatic nitrogens is 2. The number of amides is 3. The van der Waals surface area contributed by atoms with Crippen molar-refractivity contribution >= 4 is 23.3 Å². The van der Waals surface area contributed by atoms with Gasteiger partial charge in [-0.1, -0.05) is 18.2 Å². The van der Waals surface area contributed by atoms with Gasteiger partial charge in [0, 0.05) is 44.6 Å². The Kier molecular flexibility index (Phi) is 6.35. The lowest BCUT2D eigenvalue weighted by Crippen LogP contribution is -2.52. The number of fused-ring (bicyclic) bond motifs is 1. The Hall–Kier alpha value is -4.15. The van der Waals surface area contributed by atoms with Gasteiger partial charge in [-0.2, -0.15) is 0 Å². The number of allylic oxidation sites excluding steroid dienone is 1. The average molecular weight is 466 g/mol. The molecular formula is C23H27N7O4. The quantitative estimate of drug-likeness (QED) is 0.548. The van der Waals surface area contributed by atoms with E-state index in [9.17, 15) is 19.2 Å². The maximum atomic E-state index is 12.9. The standard InChI is InChI=1S/C23H27N7O4/c1-27-21(32)17(18(25)6-9-24)13-29(23(27)34)14-20(31)28-10-7-16(8-11-28)30-12-15-4-2-3-5-19(15)26-22(30)33/h2-6,9,13,16,25H,7-8,10-12,14,24H2,1H3,(H,26,33)/b9-6-,25-18?. The summed E-state index contributed by atoms with van der Waals surface area (Å²) < 4.78 is 2.01. The number of likely N-dealkylation sites (tertiary alicyclic amines) is 1. The van der Waals surface area contributed by atoms with E-state index < -0.39 is 11.2 Å². The highest BCUT2D eigenvalue weighted by Crippen LogP contribution is 2.27. The molecule has 0 saturated carbocycles. The summed E-state index contributed by atoms with van der Waals surface area (Å²) in [6.45, 7) is 1.18. The van der Waals surface area contributed by atoms with Crippen LogP contribution in [0.25, 0.3) is 0 Å². The van der Waals surface area contributed by atoms with Crippen LogP contribution in [0.3, 0.4) is 0 Å². The van der Waals surface area contributed by atoms with Crippen LogP contribution in [-0.4, -0.2) is 55.7 Å². The number of anilines is 1. The molecule has 2 aliphatic rings. The highest BCUT2D eigenvalue weighted by Gasteiger charge is 2.32. The van der Waals surface area contributed by atoms with E-state index in [1.165, 1.54) is 19.3 Å². The van der Waals surface area contributed by atoms with Crippen LogP contribution >= 0.6 is 0 Å². The van der Waals surface area contributed by atoms with E-state index in [0.29, 0.717) is 32.5 Å². The van der Waals surface area contributed by atoms with Gasteiger partial charge < -0.3 is 20.9 Å². The SMILES string of the molecule is Cn1c(=O)c(C(=N)/C=C\N)cn(CC(=O)N2CCC(N3Cc4ccccc4NC3=O)CC2)c1=O. The second-order valence-corrected chi connectivity index (χ2v) is 8.42. The lowest BCUT2D eigenvalue weighted by molar-refractivity contribution is -0.133. The first-order chi connectivity index (χ1) is 16.3. The normalized spacial score (nSPS) is 16.4. The third-order valence-electron chi connectivity index (χ3n) is 6.33. The number of carbonyl (C=O) groups is 2. The van der Waals surface area contributed by atoms with Crippen LogP contribution in [0.1, 0.15) is 24.0 Å². The highest BCUT2D eigenvalue weighted by atomic mass is 16.2. The predicted octanol–water partition coefficient (Wildman–Crippen LogP) is 0.426. The average Bonchev–Trinajstić information content (AvgIpc) is 2.84. The van der Waals surface area contributed by atoms with Crippen molar-refractivity contribution in [3.63, 3.8) is 0 Å². The van der Waals surface area contributed by atoms with Gasteiger partial charge >= 0.3 is 11.7 Å². The number of piperidine rings is 1. The molecule has 0 atom stereocenters. The van der Waals surface area contributed by atoms with Crippen LogP contribution in [0.2, 0.25) is 0 Å². The van der Waals surface area contributed by atoms with E-state index in [0.717, 1.165) is 26.6 Å². The summed E-state index contributed by atoms with van der Waals surface area (Å²) >= 11 is 0. The second kappa shape index (κ2) is 9.38. The molecular weight excluding hydrogens is 438 g/mol. The van der Waals surface area contributed by atoms with Crippen molar-refractivity contribution in [2.75, 3.05) is 18.4 Å². The van der Waals surface area contributed by atoms with Gasteiger partial charge in [0.05, 0.1) is 11.3 Å². The molecule has 1 saturated heterocycles. The molecule has 3 heterocycles. The number of nitrogens with two attached hydrogens (primary N) is 1. The summed E-state index contributed by atoms with van der Waals surface area (Å²) in [6, 6.07) is 7.57. The summed E-state index contributed by atoms with van der Waals surface area (Å²) in [4.78, 5) is 53.8. The molecule has 11 nitrogen and oxygen atoms in total. The second-order valence-electron chi connectivity index (χ2n) is 8.42. The number of nitrogens with one attached hydrogen (secondary N) is 2. The Morgan fingerprint density at radius 1 is 1.21 bits per heavy atom. The molecule has 0 radical (unpaired) electrons. The fraction of sp³-hybridized carbons (Fsp3) is 0.348. The number of carbonyl (C=O) groups excluding carboxylic acids is 2. The minimum absolute atomic E-state index is 0.00722. The lowest BCUT2D eigenvalue weighted by Gasteiger charge is -2.40. The van der Waals surface area contributed by atoms with Crippen molar-refractivity contribution < 1.29 is 9.59 Å². The third kappa shape index (κ3) is 4.36. The van der Waals surface area contributed by atoms with Crippen LogP contribution in [0.15, 0.2) is 52.3 Å². The van der Waals surface area contributed by atoms with Crippen LogP contribution < -0.4 is 22.3 Å². The predicted molar refractivity (Wildman–Crippen MR) is 127 cm³/mol. The summed E-state index contributed by atoms with van der Waals surface area (Å²) in [5.41, 5.74) is 5.77. The Morgan fingerprint density at radius 3 is 2.62 bits per heavy atom. The van der Waals surface area contributed by atoms with Crippen LogP contribution in [0.4, 0.5) is 10.5 Å². The van der Waals surface area contributed by atoms with E-state index in [-0.39, 0.29) is 35.8 Å². The molecule has 2 aliphatic heterocycles. The molecule has 0 aliphatic carbocycles. The smallest absolute Gasteiger partial charge is 0.331 e. The first-order valence-electron chi connectivity index (χ1n) is 11.0. The zero-order valence-electron chi connectivity index (χ0n) is 18.9. The van der Waals surface area contributed by atoms with Gasteiger partial charge in [0.25, 0.3) is 5.56 Å². The fourth-order valence-corrected chi connectivity index (χ4v) is 4.40. The van der Waals surface area contributed by atoms with Crippen molar-refractivity contribution in [3.8, 4) is 0 Å². The van der Waals surface area contributed by atoms with E-state index in [1.54, 1.807) is 4.90 Å². The molecule has 4 rings (SSSR count). The minimum Gasteiger partial charge on any atom is -0.405 e. The fourth-order valence-electron chi connectivity index (χ4n) is 4.40. The number of rotatable bonds is 5. The van der Waals surface area contributed by atoms with E-state index >= 15 is 0 Å². The van der Waals surface area contributed by atoms with Gasteiger partial charge in [-0.05, 0) is 36.7 Å². The van der Waals surface area contributed by atoms with Gasteiger partial charge in [-0.25, -0.2) is 9.59 Å². The van der Waals surface area contributed by atoms with Crippen LogP contribution in [0.5, 0.6) is 0 Å². The van der Waals surface area contributed by atoms with Crippen molar-refractivity contribution in [1.82, 2.24) is 18.9 Å². The number of benzene rings is 1. The molecule has 1 aromatic heterocycles. The largest absolute Gasteiger partial charge is 0.405 e. The van der Waals surface area contributed by atoms with E-state index in [4.69, 9.17) is 11.1 Å². The van der Waals surface area contributed by atoms with E-state index in [1.807, 2.05) is 29.2 Å². The first-order valence-corrected chi connectivity index (χ1v) is 11.0. The molecule has 178 valence electrons.